The van der Waals surface area contributed by atoms with Crippen molar-refractivity contribution < 1.29 is 9.84 Å². The van der Waals surface area contributed by atoms with Gasteiger partial charge in [-0.3, -0.25) is 0 Å². The smallest absolute Gasteiger partial charge is 0.129 e. The van der Waals surface area contributed by atoms with E-state index in [0.717, 1.165) is 0 Å². The fourth-order valence-corrected chi connectivity index (χ4v) is 0.148. The van der Waals surface area contributed by atoms with Crippen LogP contribution in [0.15, 0.2) is 11.5 Å². The largest absolute Gasteiger partial charge is 0.509 e. The van der Waals surface area contributed by atoms with Crippen molar-refractivity contribution in [3.05, 3.63) is 11.5 Å². The molecule has 2 heteroatoms. The van der Waals surface area contributed by atoms with Gasteiger partial charge in [0.15, 0.2) is 0 Å². The normalized spacial score (nSPS) is 13.0. The standard InChI is InChI=1S/C5H10O2/c1-4(6)5(2)7-3/h6H,1-3H3/b5-4-. The molecule has 0 aromatic heterocycles. The number of hydrogen-bond donors (Lipinski definition) is 1. The van der Waals surface area contributed by atoms with E-state index in [1.807, 2.05) is 0 Å². The average Bonchev–Trinajstić information content (AvgIpc) is 1.65. The minimum Gasteiger partial charge on any atom is -0.509 e. The van der Waals surface area contributed by atoms with Crippen LogP contribution in [0.5, 0.6) is 0 Å². The lowest BCUT2D eigenvalue weighted by Crippen LogP contribution is -1.83. The van der Waals surface area contributed by atoms with Crippen molar-refractivity contribution in [3.8, 4) is 0 Å². The maximum Gasteiger partial charge on any atom is 0.129 e. The monoisotopic (exact) mass is 102 g/mol. The molecular weight excluding hydrogens is 92.1 g/mol. The molecule has 0 bridgehead atoms. The number of aliphatic hydroxyl groups is 1. The van der Waals surface area contributed by atoms with Gasteiger partial charge in [-0.05, 0) is 13.8 Å². The summed E-state index contributed by atoms with van der Waals surface area (Å²) in [5.74, 6) is 0.808. The molecule has 0 fully saturated rings. The van der Waals surface area contributed by atoms with Gasteiger partial charge in [-0.25, -0.2) is 0 Å². The van der Waals surface area contributed by atoms with E-state index in [-0.39, 0.29) is 5.76 Å². The van der Waals surface area contributed by atoms with E-state index in [1.54, 1.807) is 13.8 Å². The van der Waals surface area contributed by atoms with Crippen LogP contribution in [0.4, 0.5) is 0 Å². The van der Waals surface area contributed by atoms with Crippen molar-refractivity contribution in [1.29, 1.82) is 0 Å². The molecule has 0 aliphatic heterocycles. The molecule has 0 aliphatic rings. The molecule has 1 N–H and O–H groups in total. The maximum absolute atomic E-state index is 8.58. The Hall–Kier alpha value is -0.660. The quantitative estimate of drug-likeness (QED) is 0.507. The number of ether oxygens (including phenoxy) is 1. The van der Waals surface area contributed by atoms with Gasteiger partial charge in [-0.15, -0.1) is 0 Å². The van der Waals surface area contributed by atoms with Crippen LogP contribution < -0.4 is 0 Å². The lowest BCUT2D eigenvalue weighted by Gasteiger charge is -1.96. The van der Waals surface area contributed by atoms with Gasteiger partial charge in [0.05, 0.1) is 7.11 Å². The highest BCUT2D eigenvalue weighted by Crippen LogP contribution is 1.96. The molecule has 0 heterocycles. The Bertz CT molecular complexity index is 80.1. The van der Waals surface area contributed by atoms with Crippen LogP contribution in [0, 0.1) is 0 Å². The third-order valence-corrected chi connectivity index (χ3v) is 0.816. The molecule has 0 spiro atoms. The van der Waals surface area contributed by atoms with E-state index in [4.69, 9.17) is 5.11 Å². The topological polar surface area (TPSA) is 29.5 Å². The Morgan fingerprint density at radius 2 is 1.86 bits per heavy atom. The zero-order chi connectivity index (χ0) is 5.86. The lowest BCUT2D eigenvalue weighted by molar-refractivity contribution is 0.257. The van der Waals surface area contributed by atoms with Crippen molar-refractivity contribution in [1.82, 2.24) is 0 Å². The first-order valence-electron chi connectivity index (χ1n) is 2.09. The molecule has 0 aliphatic carbocycles. The minimum atomic E-state index is 0.238. The van der Waals surface area contributed by atoms with E-state index in [2.05, 4.69) is 4.74 Å². The second-order valence-corrected chi connectivity index (χ2v) is 1.35. The summed E-state index contributed by atoms with van der Waals surface area (Å²) >= 11 is 0. The second-order valence-electron chi connectivity index (χ2n) is 1.35. The molecule has 0 aromatic carbocycles. The fourth-order valence-electron chi connectivity index (χ4n) is 0.148. The molecule has 0 amide bonds. The van der Waals surface area contributed by atoms with Crippen LogP contribution in [0.2, 0.25) is 0 Å². The van der Waals surface area contributed by atoms with E-state index < -0.39 is 0 Å². The van der Waals surface area contributed by atoms with Crippen LogP contribution in [0.1, 0.15) is 13.8 Å². The fraction of sp³-hybridized carbons (Fsp3) is 0.600. The Morgan fingerprint density at radius 3 is 1.86 bits per heavy atom. The van der Waals surface area contributed by atoms with E-state index in [1.165, 1.54) is 7.11 Å². The summed E-state index contributed by atoms with van der Waals surface area (Å²) in [6.45, 7) is 3.29. The molecule has 0 atom stereocenters. The summed E-state index contributed by atoms with van der Waals surface area (Å²) < 4.78 is 4.64. The SMILES string of the molecule is CO/C(C)=C(/C)O. The van der Waals surface area contributed by atoms with Gasteiger partial charge in [0, 0.05) is 0 Å². The van der Waals surface area contributed by atoms with Gasteiger partial charge >= 0.3 is 0 Å². The van der Waals surface area contributed by atoms with Crippen molar-refractivity contribution in [2.75, 3.05) is 7.11 Å². The minimum absolute atomic E-state index is 0.238. The predicted molar refractivity (Wildman–Crippen MR) is 28.0 cm³/mol. The van der Waals surface area contributed by atoms with Gasteiger partial charge in [0.1, 0.15) is 11.5 Å². The Morgan fingerprint density at radius 1 is 1.43 bits per heavy atom. The van der Waals surface area contributed by atoms with Gasteiger partial charge in [0.2, 0.25) is 0 Å². The third-order valence-electron chi connectivity index (χ3n) is 0.816. The van der Waals surface area contributed by atoms with E-state index in [9.17, 15) is 0 Å². The zero-order valence-electron chi connectivity index (χ0n) is 4.86. The molecule has 2 nitrogen and oxygen atoms in total. The molecule has 0 saturated carbocycles. The van der Waals surface area contributed by atoms with Crippen molar-refractivity contribution in [2.24, 2.45) is 0 Å². The number of hydrogen-bond acceptors (Lipinski definition) is 2. The highest BCUT2D eigenvalue weighted by molar-refractivity contribution is 4.91. The van der Waals surface area contributed by atoms with Gasteiger partial charge in [-0.1, -0.05) is 0 Å². The second kappa shape index (κ2) is 2.50. The molecule has 0 aromatic rings. The first-order valence-corrected chi connectivity index (χ1v) is 2.09. The Labute approximate surface area is 43.4 Å². The number of aliphatic hydroxyl groups excluding tert-OH is 1. The lowest BCUT2D eigenvalue weighted by atomic mass is 10.5. The zero-order valence-corrected chi connectivity index (χ0v) is 4.86. The molecule has 0 unspecified atom stereocenters. The molecule has 0 radical (unpaired) electrons. The van der Waals surface area contributed by atoms with Crippen LogP contribution in [-0.2, 0) is 4.74 Å². The van der Waals surface area contributed by atoms with E-state index in [0.29, 0.717) is 5.76 Å². The van der Waals surface area contributed by atoms with E-state index >= 15 is 0 Å². The number of allylic oxidation sites excluding steroid dienone is 2. The molecule has 7 heavy (non-hydrogen) atoms. The predicted octanol–water partition coefficient (Wildman–Crippen LogP) is 1.44. The summed E-state index contributed by atoms with van der Waals surface area (Å²) in [5, 5.41) is 8.58. The molecule has 42 valence electrons. The van der Waals surface area contributed by atoms with Crippen LogP contribution in [0.25, 0.3) is 0 Å². The first-order chi connectivity index (χ1) is 3.18. The Balaban J connectivity index is 3.72. The summed E-state index contributed by atoms with van der Waals surface area (Å²) in [6, 6.07) is 0. The third kappa shape index (κ3) is 2.09. The first kappa shape index (κ1) is 6.34. The van der Waals surface area contributed by atoms with Gasteiger partial charge in [-0.2, -0.15) is 0 Å². The average molecular weight is 102 g/mol. The summed E-state index contributed by atoms with van der Waals surface area (Å²) in [5.41, 5.74) is 0. The van der Waals surface area contributed by atoms with Gasteiger partial charge in [0.25, 0.3) is 0 Å². The highest BCUT2D eigenvalue weighted by atomic mass is 16.5. The van der Waals surface area contributed by atoms with Crippen molar-refractivity contribution >= 4 is 0 Å². The maximum atomic E-state index is 8.58. The van der Waals surface area contributed by atoms with Crippen LogP contribution >= 0.6 is 0 Å². The highest BCUT2D eigenvalue weighted by Gasteiger charge is 1.87. The van der Waals surface area contributed by atoms with Crippen LogP contribution in [0.3, 0.4) is 0 Å². The van der Waals surface area contributed by atoms with Crippen molar-refractivity contribution in [3.63, 3.8) is 0 Å². The Kier molecular flexibility index (Phi) is 2.27. The number of methoxy groups -OCH3 is 1. The molecular formula is C5H10O2. The summed E-state index contributed by atoms with van der Waals surface area (Å²) in [7, 11) is 1.52. The van der Waals surface area contributed by atoms with Gasteiger partial charge < -0.3 is 9.84 Å². The van der Waals surface area contributed by atoms with Crippen LogP contribution in [-0.4, -0.2) is 12.2 Å². The molecule has 0 saturated heterocycles. The summed E-state index contributed by atoms with van der Waals surface area (Å²) in [4.78, 5) is 0. The number of rotatable bonds is 1. The van der Waals surface area contributed by atoms with Crippen molar-refractivity contribution in [2.45, 2.75) is 13.8 Å². The summed E-state index contributed by atoms with van der Waals surface area (Å²) in [6.07, 6.45) is 0. The molecule has 0 rings (SSSR count).